The number of ether oxygens (including phenoxy) is 1. The molecule has 0 unspecified atom stereocenters. The SMILES string of the molecule is CC(C)COc1ccc(C(=O)Nc2ccc(Cl)c(Cl)c2)cc1. The first kappa shape index (κ1) is 16.7. The van der Waals surface area contributed by atoms with Gasteiger partial charge in [-0.15, -0.1) is 0 Å². The van der Waals surface area contributed by atoms with Gasteiger partial charge in [-0.1, -0.05) is 37.0 Å². The van der Waals surface area contributed by atoms with Crippen LogP contribution in [0.3, 0.4) is 0 Å². The zero-order valence-corrected chi connectivity index (χ0v) is 13.9. The van der Waals surface area contributed by atoms with Crippen LogP contribution in [-0.4, -0.2) is 12.5 Å². The summed E-state index contributed by atoms with van der Waals surface area (Å²) in [6.45, 7) is 4.81. The normalized spacial score (nSPS) is 10.6. The number of carbonyl (C=O) groups is 1. The standard InChI is InChI=1S/C17H17Cl2NO2/c1-11(2)10-22-14-6-3-12(4-7-14)17(21)20-13-5-8-15(18)16(19)9-13/h3-9,11H,10H2,1-2H3,(H,20,21). The lowest BCUT2D eigenvalue weighted by atomic mass is 10.2. The molecular weight excluding hydrogens is 321 g/mol. The van der Waals surface area contributed by atoms with Crippen molar-refractivity contribution in [3.05, 3.63) is 58.1 Å². The van der Waals surface area contributed by atoms with Crippen LogP contribution in [-0.2, 0) is 0 Å². The Hall–Kier alpha value is -1.71. The van der Waals surface area contributed by atoms with Crippen molar-refractivity contribution in [3.63, 3.8) is 0 Å². The molecular formula is C17H17Cl2NO2. The predicted molar refractivity (Wildman–Crippen MR) is 91.2 cm³/mol. The summed E-state index contributed by atoms with van der Waals surface area (Å²) < 4.78 is 5.59. The van der Waals surface area contributed by atoms with E-state index in [9.17, 15) is 4.79 Å². The molecule has 22 heavy (non-hydrogen) atoms. The summed E-state index contributed by atoms with van der Waals surface area (Å²) >= 11 is 11.8. The molecule has 5 heteroatoms. The van der Waals surface area contributed by atoms with E-state index in [1.165, 1.54) is 0 Å². The molecule has 1 amide bonds. The van der Waals surface area contributed by atoms with E-state index in [0.29, 0.717) is 33.8 Å². The van der Waals surface area contributed by atoms with Gasteiger partial charge in [-0.2, -0.15) is 0 Å². The summed E-state index contributed by atoms with van der Waals surface area (Å²) in [5.41, 5.74) is 1.14. The predicted octanol–water partition coefficient (Wildman–Crippen LogP) is 5.28. The number of halogens is 2. The number of rotatable bonds is 5. The van der Waals surface area contributed by atoms with Crippen LogP contribution < -0.4 is 10.1 Å². The Kier molecular flexibility index (Phi) is 5.69. The minimum atomic E-state index is -0.214. The van der Waals surface area contributed by atoms with Gasteiger partial charge in [-0.25, -0.2) is 0 Å². The molecule has 1 N–H and O–H groups in total. The fraction of sp³-hybridized carbons (Fsp3) is 0.235. The van der Waals surface area contributed by atoms with Gasteiger partial charge in [0.1, 0.15) is 5.75 Å². The molecule has 3 nitrogen and oxygen atoms in total. The average molecular weight is 338 g/mol. The first-order valence-corrected chi connectivity index (χ1v) is 7.70. The number of hydrogen-bond donors (Lipinski definition) is 1. The minimum absolute atomic E-state index is 0.214. The molecule has 0 aliphatic heterocycles. The van der Waals surface area contributed by atoms with Crippen molar-refractivity contribution in [2.75, 3.05) is 11.9 Å². The molecule has 0 fully saturated rings. The van der Waals surface area contributed by atoms with Crippen molar-refractivity contribution in [3.8, 4) is 5.75 Å². The second kappa shape index (κ2) is 7.52. The van der Waals surface area contributed by atoms with Crippen molar-refractivity contribution < 1.29 is 9.53 Å². The molecule has 0 radical (unpaired) electrons. The van der Waals surface area contributed by atoms with Gasteiger partial charge in [0.05, 0.1) is 16.7 Å². The average Bonchev–Trinajstić information content (AvgIpc) is 2.49. The number of hydrogen-bond acceptors (Lipinski definition) is 2. The largest absolute Gasteiger partial charge is 0.493 e. The van der Waals surface area contributed by atoms with Gasteiger partial charge < -0.3 is 10.1 Å². The van der Waals surface area contributed by atoms with E-state index in [1.807, 2.05) is 0 Å². The van der Waals surface area contributed by atoms with Crippen molar-refractivity contribution >= 4 is 34.8 Å². The van der Waals surface area contributed by atoms with E-state index >= 15 is 0 Å². The van der Waals surface area contributed by atoms with Crippen molar-refractivity contribution in [1.82, 2.24) is 0 Å². The van der Waals surface area contributed by atoms with E-state index in [0.717, 1.165) is 5.75 Å². The van der Waals surface area contributed by atoms with Crippen molar-refractivity contribution in [2.45, 2.75) is 13.8 Å². The molecule has 0 bridgehead atoms. The molecule has 0 saturated heterocycles. The van der Waals surface area contributed by atoms with Crippen LogP contribution in [0.1, 0.15) is 24.2 Å². The van der Waals surface area contributed by atoms with E-state index in [-0.39, 0.29) is 5.91 Å². The van der Waals surface area contributed by atoms with E-state index in [2.05, 4.69) is 19.2 Å². The first-order chi connectivity index (χ1) is 10.5. The van der Waals surface area contributed by atoms with Crippen LogP contribution in [0, 0.1) is 5.92 Å². The Morgan fingerprint density at radius 2 is 1.77 bits per heavy atom. The van der Waals surface area contributed by atoms with E-state index in [1.54, 1.807) is 42.5 Å². The lowest BCUT2D eigenvalue weighted by molar-refractivity contribution is 0.102. The molecule has 2 aromatic rings. The van der Waals surface area contributed by atoms with Crippen LogP contribution >= 0.6 is 23.2 Å². The minimum Gasteiger partial charge on any atom is -0.493 e. The molecule has 0 heterocycles. The molecule has 0 aliphatic rings. The van der Waals surface area contributed by atoms with Gasteiger partial charge in [0.15, 0.2) is 0 Å². The van der Waals surface area contributed by atoms with Gasteiger partial charge in [0.2, 0.25) is 0 Å². The topological polar surface area (TPSA) is 38.3 Å². The monoisotopic (exact) mass is 337 g/mol. The number of anilines is 1. The number of nitrogens with one attached hydrogen (secondary N) is 1. The molecule has 2 aromatic carbocycles. The van der Waals surface area contributed by atoms with Gasteiger partial charge >= 0.3 is 0 Å². The maximum Gasteiger partial charge on any atom is 0.255 e. The Morgan fingerprint density at radius 1 is 1.09 bits per heavy atom. The van der Waals surface area contributed by atoms with Gasteiger partial charge in [0.25, 0.3) is 5.91 Å². The molecule has 0 aliphatic carbocycles. The molecule has 116 valence electrons. The molecule has 0 atom stereocenters. The third-order valence-corrected chi connectivity index (χ3v) is 3.62. The molecule has 0 spiro atoms. The van der Waals surface area contributed by atoms with Crippen LogP contribution in [0.2, 0.25) is 10.0 Å². The lowest BCUT2D eigenvalue weighted by Gasteiger charge is -2.10. The molecule has 2 rings (SSSR count). The summed E-state index contributed by atoms with van der Waals surface area (Å²) in [7, 11) is 0. The van der Waals surface area contributed by atoms with Crippen molar-refractivity contribution in [1.29, 1.82) is 0 Å². The maximum absolute atomic E-state index is 12.2. The molecule has 0 aromatic heterocycles. The smallest absolute Gasteiger partial charge is 0.255 e. The third-order valence-electron chi connectivity index (χ3n) is 2.88. The van der Waals surface area contributed by atoms with Crippen molar-refractivity contribution in [2.24, 2.45) is 5.92 Å². The summed E-state index contributed by atoms with van der Waals surface area (Å²) in [6.07, 6.45) is 0. The lowest BCUT2D eigenvalue weighted by Crippen LogP contribution is -2.12. The van der Waals surface area contributed by atoms with E-state index < -0.39 is 0 Å². The fourth-order valence-corrected chi connectivity index (χ4v) is 2.04. The summed E-state index contributed by atoms with van der Waals surface area (Å²) in [6, 6.07) is 12.0. The van der Waals surface area contributed by atoms with Crippen LogP contribution in [0.15, 0.2) is 42.5 Å². The highest BCUT2D eigenvalue weighted by Crippen LogP contribution is 2.25. The van der Waals surface area contributed by atoms with E-state index in [4.69, 9.17) is 27.9 Å². The molecule has 0 saturated carbocycles. The highest BCUT2D eigenvalue weighted by Gasteiger charge is 2.08. The summed E-state index contributed by atoms with van der Waals surface area (Å²) in [5.74, 6) is 0.992. The van der Waals surface area contributed by atoms with Gasteiger partial charge in [-0.3, -0.25) is 4.79 Å². The number of carbonyl (C=O) groups excluding carboxylic acids is 1. The highest BCUT2D eigenvalue weighted by atomic mass is 35.5. The Morgan fingerprint density at radius 3 is 2.36 bits per heavy atom. The summed E-state index contributed by atoms with van der Waals surface area (Å²) in [5, 5.41) is 3.62. The Balaban J connectivity index is 2.01. The first-order valence-electron chi connectivity index (χ1n) is 6.95. The fourth-order valence-electron chi connectivity index (χ4n) is 1.74. The second-order valence-electron chi connectivity index (χ2n) is 5.31. The Bertz CT molecular complexity index is 654. The number of benzene rings is 2. The highest BCUT2D eigenvalue weighted by molar-refractivity contribution is 6.42. The zero-order valence-electron chi connectivity index (χ0n) is 12.4. The second-order valence-corrected chi connectivity index (χ2v) is 6.13. The van der Waals surface area contributed by atoms with Crippen LogP contribution in [0.25, 0.3) is 0 Å². The zero-order chi connectivity index (χ0) is 16.1. The summed E-state index contributed by atoms with van der Waals surface area (Å²) in [4.78, 5) is 12.2. The van der Waals surface area contributed by atoms with Gasteiger partial charge in [0, 0.05) is 11.3 Å². The van der Waals surface area contributed by atoms with Crippen LogP contribution in [0.4, 0.5) is 5.69 Å². The Labute approximate surface area is 140 Å². The van der Waals surface area contributed by atoms with Gasteiger partial charge in [-0.05, 0) is 48.4 Å². The third kappa shape index (κ3) is 4.65. The number of amides is 1. The quantitative estimate of drug-likeness (QED) is 0.805. The maximum atomic E-state index is 12.2. The van der Waals surface area contributed by atoms with Crippen LogP contribution in [0.5, 0.6) is 5.75 Å².